The molecule has 28 heavy (non-hydrogen) atoms. The lowest BCUT2D eigenvalue weighted by Gasteiger charge is -2.35. The normalized spacial score (nSPS) is 16.1. The summed E-state index contributed by atoms with van der Waals surface area (Å²) in [4.78, 5) is 18.0. The van der Waals surface area contributed by atoms with Crippen LogP contribution in [0.1, 0.15) is 22.9 Å². The van der Waals surface area contributed by atoms with Crippen molar-refractivity contribution in [3.05, 3.63) is 64.3 Å². The Morgan fingerprint density at radius 2 is 2.04 bits per heavy atom. The number of amides is 1. The number of halogens is 2. The zero-order chi connectivity index (χ0) is 19.7. The molecule has 2 heterocycles. The van der Waals surface area contributed by atoms with Gasteiger partial charge >= 0.3 is 6.09 Å². The van der Waals surface area contributed by atoms with Crippen LogP contribution in [0.25, 0.3) is 10.9 Å². The molecule has 1 unspecified atom stereocenters. The number of nitrogens with one attached hydrogen (secondary N) is 1. The van der Waals surface area contributed by atoms with E-state index in [1.54, 1.807) is 12.0 Å². The molecule has 7 heteroatoms. The molecule has 0 spiro atoms. The highest BCUT2D eigenvalue weighted by atomic mass is 35.5. The van der Waals surface area contributed by atoms with Crippen molar-refractivity contribution in [3.63, 3.8) is 0 Å². The van der Waals surface area contributed by atoms with Gasteiger partial charge in [-0.2, -0.15) is 0 Å². The van der Waals surface area contributed by atoms with Crippen LogP contribution in [0.2, 0.25) is 5.02 Å². The Balaban J connectivity index is 1.82. The number of ether oxygens (including phenoxy) is 2. The van der Waals surface area contributed by atoms with Crippen LogP contribution in [0.15, 0.2) is 42.5 Å². The number of hydrogen-bond acceptors (Lipinski definition) is 3. The minimum atomic E-state index is -0.371. The van der Waals surface area contributed by atoms with E-state index in [2.05, 4.69) is 4.98 Å². The fraction of sp³-hybridized carbons (Fsp3) is 0.286. The first-order valence-electron chi connectivity index (χ1n) is 9.05. The van der Waals surface area contributed by atoms with Gasteiger partial charge in [0.15, 0.2) is 0 Å². The van der Waals surface area contributed by atoms with E-state index < -0.39 is 0 Å². The quantitative estimate of drug-likeness (QED) is 0.595. The van der Waals surface area contributed by atoms with Crippen LogP contribution in [0, 0.1) is 0 Å². The van der Waals surface area contributed by atoms with Crippen molar-refractivity contribution in [2.45, 2.75) is 12.5 Å². The number of carbonyl (C=O) groups excluding carboxylic acids is 1. The highest BCUT2D eigenvalue weighted by molar-refractivity contribution is 6.31. The predicted molar refractivity (Wildman–Crippen MR) is 111 cm³/mol. The molecule has 1 N–H and O–H groups in total. The molecule has 0 saturated carbocycles. The lowest BCUT2D eigenvalue weighted by molar-refractivity contribution is 0.0937. The Labute approximate surface area is 173 Å². The van der Waals surface area contributed by atoms with Crippen molar-refractivity contribution >= 4 is 40.2 Å². The van der Waals surface area contributed by atoms with E-state index in [1.807, 2.05) is 42.5 Å². The van der Waals surface area contributed by atoms with Gasteiger partial charge in [-0.1, -0.05) is 23.7 Å². The Morgan fingerprint density at radius 3 is 2.75 bits per heavy atom. The summed E-state index contributed by atoms with van der Waals surface area (Å²) >= 11 is 11.9. The predicted octanol–water partition coefficient (Wildman–Crippen LogP) is 5.15. The second-order valence-corrected chi connectivity index (χ2v) is 7.44. The molecule has 0 fully saturated rings. The summed E-state index contributed by atoms with van der Waals surface area (Å²) in [5, 5.41) is 1.79. The monoisotopic (exact) mass is 418 g/mol. The topological polar surface area (TPSA) is 54.6 Å². The number of carbonyl (C=O) groups is 1. The molecular weight excluding hydrogens is 399 g/mol. The van der Waals surface area contributed by atoms with Gasteiger partial charge in [-0.3, -0.25) is 4.90 Å². The van der Waals surface area contributed by atoms with Gasteiger partial charge in [0.25, 0.3) is 0 Å². The van der Waals surface area contributed by atoms with Crippen LogP contribution >= 0.6 is 23.2 Å². The zero-order valence-electron chi connectivity index (χ0n) is 15.4. The van der Waals surface area contributed by atoms with Gasteiger partial charge in [0, 0.05) is 28.2 Å². The minimum absolute atomic E-state index is 0.182. The molecule has 0 aliphatic carbocycles. The van der Waals surface area contributed by atoms with E-state index in [1.165, 1.54) is 5.56 Å². The third-order valence-electron chi connectivity index (χ3n) is 5.06. The Bertz CT molecular complexity index is 1000. The van der Waals surface area contributed by atoms with Crippen molar-refractivity contribution in [3.8, 4) is 5.75 Å². The Morgan fingerprint density at radius 1 is 1.25 bits per heavy atom. The van der Waals surface area contributed by atoms with Crippen LogP contribution in [0.5, 0.6) is 5.75 Å². The average Bonchev–Trinajstić information content (AvgIpc) is 3.09. The molecule has 4 rings (SSSR count). The third-order valence-corrected chi connectivity index (χ3v) is 5.45. The Kier molecular flexibility index (Phi) is 5.38. The molecule has 146 valence electrons. The second-order valence-electron chi connectivity index (χ2n) is 6.63. The SMILES string of the molecule is COc1ccc(C2c3[nH]c4ccc(Cl)cc4c3CCN2C(=O)OCCCl)cc1. The molecule has 0 bridgehead atoms. The smallest absolute Gasteiger partial charge is 0.410 e. The van der Waals surface area contributed by atoms with E-state index in [4.69, 9.17) is 32.7 Å². The summed E-state index contributed by atoms with van der Waals surface area (Å²) in [6.07, 6.45) is 0.349. The zero-order valence-corrected chi connectivity index (χ0v) is 16.9. The summed E-state index contributed by atoms with van der Waals surface area (Å²) in [5.74, 6) is 1.03. The van der Waals surface area contributed by atoms with E-state index >= 15 is 0 Å². The van der Waals surface area contributed by atoms with Gasteiger partial charge < -0.3 is 14.5 Å². The maximum atomic E-state index is 12.7. The largest absolute Gasteiger partial charge is 0.497 e. The first-order chi connectivity index (χ1) is 13.6. The summed E-state index contributed by atoms with van der Waals surface area (Å²) in [6.45, 7) is 0.728. The van der Waals surface area contributed by atoms with Crippen LogP contribution < -0.4 is 4.74 Å². The average molecular weight is 419 g/mol. The van der Waals surface area contributed by atoms with Gasteiger partial charge in [0.2, 0.25) is 0 Å². The first kappa shape index (κ1) is 19.0. The van der Waals surface area contributed by atoms with E-state index in [0.717, 1.165) is 34.3 Å². The number of aromatic nitrogens is 1. The van der Waals surface area contributed by atoms with E-state index in [9.17, 15) is 4.79 Å². The van der Waals surface area contributed by atoms with Gasteiger partial charge in [-0.05, 0) is 47.9 Å². The molecule has 5 nitrogen and oxygen atoms in total. The number of rotatable bonds is 4. The maximum absolute atomic E-state index is 12.7. The van der Waals surface area contributed by atoms with Gasteiger partial charge in [-0.25, -0.2) is 4.79 Å². The highest BCUT2D eigenvalue weighted by Crippen LogP contribution is 2.39. The fourth-order valence-corrected chi connectivity index (χ4v) is 4.05. The number of benzene rings is 2. The number of hydrogen-bond donors (Lipinski definition) is 1. The van der Waals surface area contributed by atoms with E-state index in [0.29, 0.717) is 11.6 Å². The van der Waals surface area contributed by atoms with Crippen molar-refractivity contribution in [2.24, 2.45) is 0 Å². The van der Waals surface area contributed by atoms with Gasteiger partial charge in [-0.15, -0.1) is 11.6 Å². The second kappa shape index (κ2) is 7.94. The molecule has 0 saturated heterocycles. The number of alkyl halides is 1. The molecule has 1 aromatic heterocycles. The van der Waals surface area contributed by atoms with Gasteiger partial charge in [0.1, 0.15) is 18.4 Å². The molecule has 1 aliphatic heterocycles. The molecule has 2 aromatic carbocycles. The number of H-pyrrole nitrogens is 1. The van der Waals surface area contributed by atoms with Crippen LogP contribution in [0.3, 0.4) is 0 Å². The molecule has 1 aliphatic rings. The lowest BCUT2D eigenvalue weighted by atomic mass is 9.92. The summed E-state index contributed by atoms with van der Waals surface area (Å²) in [6, 6.07) is 13.2. The first-order valence-corrected chi connectivity index (χ1v) is 9.97. The van der Waals surface area contributed by atoms with Crippen LogP contribution in [-0.2, 0) is 11.2 Å². The summed E-state index contributed by atoms with van der Waals surface area (Å²) in [7, 11) is 1.63. The summed E-state index contributed by atoms with van der Waals surface area (Å²) < 4.78 is 10.6. The van der Waals surface area contributed by atoms with Crippen LogP contribution in [-0.4, -0.2) is 42.1 Å². The van der Waals surface area contributed by atoms with Crippen molar-refractivity contribution in [1.29, 1.82) is 0 Å². The molecule has 3 aromatic rings. The molecule has 0 radical (unpaired) electrons. The van der Waals surface area contributed by atoms with E-state index in [-0.39, 0.29) is 24.6 Å². The standard InChI is InChI=1S/C21H20Cl2N2O3/c1-27-15-5-2-13(3-6-15)20-19-16(8-10-25(20)21(26)28-11-9-22)17-12-14(23)4-7-18(17)24-19/h2-7,12,20,24H,8-11H2,1H3. The number of methoxy groups -OCH3 is 1. The highest BCUT2D eigenvalue weighted by Gasteiger charge is 2.35. The maximum Gasteiger partial charge on any atom is 0.410 e. The molecule has 1 atom stereocenters. The van der Waals surface area contributed by atoms with Crippen molar-refractivity contribution < 1.29 is 14.3 Å². The lowest BCUT2D eigenvalue weighted by Crippen LogP contribution is -2.41. The minimum Gasteiger partial charge on any atom is -0.497 e. The number of nitrogens with zero attached hydrogens (tertiary/aromatic N) is 1. The van der Waals surface area contributed by atoms with Gasteiger partial charge in [0.05, 0.1) is 13.0 Å². The fourth-order valence-electron chi connectivity index (χ4n) is 3.80. The Hall–Kier alpha value is -2.37. The third kappa shape index (κ3) is 3.40. The molecule has 1 amide bonds. The number of aromatic amines is 1. The van der Waals surface area contributed by atoms with Crippen molar-refractivity contribution in [1.82, 2.24) is 9.88 Å². The van der Waals surface area contributed by atoms with Crippen LogP contribution in [0.4, 0.5) is 4.79 Å². The van der Waals surface area contributed by atoms with Crippen molar-refractivity contribution in [2.75, 3.05) is 26.1 Å². The number of fused-ring (bicyclic) bond motifs is 3. The summed E-state index contributed by atoms with van der Waals surface area (Å²) in [5.41, 5.74) is 4.14. The molecular formula is C21H20Cl2N2O3.